The fourth-order valence-corrected chi connectivity index (χ4v) is 2.55. The summed E-state index contributed by atoms with van der Waals surface area (Å²) in [5.74, 6) is -0.910. The molecule has 1 amide bonds. The van der Waals surface area contributed by atoms with Crippen molar-refractivity contribution in [2.45, 2.75) is 52.7 Å². The van der Waals surface area contributed by atoms with Crippen molar-refractivity contribution in [3.63, 3.8) is 0 Å². The summed E-state index contributed by atoms with van der Waals surface area (Å²) in [5.41, 5.74) is 9.11. The highest BCUT2D eigenvalue weighted by atomic mass is 35.5. The minimum atomic E-state index is -0.910. The molecule has 3 aromatic rings. The van der Waals surface area contributed by atoms with E-state index in [-0.39, 0.29) is 17.3 Å². The zero-order chi connectivity index (χ0) is 26.8. The fraction of sp³-hybridized carbons (Fsp3) is 0.450. The molecule has 0 aliphatic heterocycles. The second kappa shape index (κ2) is 19.9. The van der Waals surface area contributed by atoms with Crippen LogP contribution < -0.4 is 11.1 Å². The van der Waals surface area contributed by atoms with E-state index >= 15 is 0 Å². The maximum absolute atomic E-state index is 11.2. The van der Waals surface area contributed by atoms with Crippen molar-refractivity contribution < 1.29 is 29.6 Å². The summed E-state index contributed by atoms with van der Waals surface area (Å²) in [7, 11) is 1.00. The number of hydrogen-bond acceptors (Lipinski definition) is 12. The normalized spacial score (nSPS) is 9.51. The molecule has 35 heavy (non-hydrogen) atoms. The highest BCUT2D eigenvalue weighted by Gasteiger charge is 2.16. The first-order valence-electron chi connectivity index (χ1n) is 9.48. The molecule has 3 aromatic heterocycles. The minimum Gasteiger partial charge on any atom is -0.477 e. The number of nitrogen functional groups attached to an aromatic ring is 1. The number of aromatic nitrogens is 3. The lowest BCUT2D eigenvalue weighted by molar-refractivity contribution is 0.0634. The van der Waals surface area contributed by atoms with E-state index in [9.17, 15) is 9.59 Å². The van der Waals surface area contributed by atoms with Gasteiger partial charge in [0, 0.05) is 7.11 Å². The lowest BCUT2D eigenvalue weighted by Gasteiger charge is -2.19. The first-order valence-corrected chi connectivity index (χ1v) is 12.1. The average molecular weight is 572 g/mol. The zero-order valence-corrected chi connectivity index (χ0v) is 23.8. The molecule has 200 valence electrons. The van der Waals surface area contributed by atoms with Gasteiger partial charge < -0.3 is 25.8 Å². The summed E-state index contributed by atoms with van der Waals surface area (Å²) < 4.78 is 5.04. The van der Waals surface area contributed by atoms with Gasteiger partial charge in [-0.3, -0.25) is 20.3 Å². The van der Waals surface area contributed by atoms with Crippen molar-refractivity contribution in [2.24, 2.45) is 0 Å². The number of hydrogen-bond donors (Lipinski definition) is 5. The van der Waals surface area contributed by atoms with Crippen molar-refractivity contribution in [3.05, 3.63) is 40.0 Å². The van der Waals surface area contributed by atoms with Gasteiger partial charge in [-0.15, -0.1) is 46.4 Å². The van der Waals surface area contributed by atoms with Crippen LogP contribution in [0.5, 0.6) is 0 Å². The number of carbonyl (C=O) groups is 2. The number of rotatable bonds is 2. The van der Waals surface area contributed by atoms with Crippen LogP contribution in [0.4, 0.5) is 14.8 Å². The molecule has 0 aromatic carbocycles. The number of nitrogens with zero attached hydrogens (tertiary/aromatic N) is 3. The van der Waals surface area contributed by atoms with Crippen molar-refractivity contribution in [1.82, 2.24) is 15.0 Å². The Bertz CT molecular complexity index is 876. The van der Waals surface area contributed by atoms with Gasteiger partial charge in [-0.2, -0.15) is 0 Å². The smallest absolute Gasteiger partial charge is 0.412 e. The topological polar surface area (TPSA) is 181 Å². The predicted octanol–water partition coefficient (Wildman–Crippen LogP) is 4.86. The number of thiazole rings is 3. The van der Waals surface area contributed by atoms with E-state index in [0.29, 0.717) is 5.00 Å². The molecule has 0 saturated carbocycles. The molecule has 0 aliphatic rings. The Balaban J connectivity index is -0.000000402. The number of carbonyl (C=O) groups excluding carboxylic acids is 1. The number of amides is 1. The Morgan fingerprint density at radius 1 is 0.914 bits per heavy atom. The number of aliphatic hydroxyl groups is 2. The molecule has 0 unspecified atom stereocenters. The molecular formula is C20H34ClN5O6S3. The molecule has 0 aliphatic carbocycles. The molecule has 0 atom stereocenters. The van der Waals surface area contributed by atoms with Crippen LogP contribution in [0.2, 0.25) is 0 Å². The van der Waals surface area contributed by atoms with E-state index in [0.717, 1.165) is 23.4 Å². The molecule has 0 bridgehead atoms. The third-order valence-corrected chi connectivity index (χ3v) is 4.21. The average Bonchev–Trinajstić information content (AvgIpc) is 3.45. The first-order chi connectivity index (χ1) is 15.7. The molecule has 6 N–H and O–H groups in total. The van der Waals surface area contributed by atoms with E-state index in [4.69, 9.17) is 25.8 Å². The Morgan fingerprint density at radius 2 is 1.37 bits per heavy atom. The molecule has 0 fully saturated rings. The summed E-state index contributed by atoms with van der Waals surface area (Å²) in [6.07, 6.45) is 4.09. The largest absolute Gasteiger partial charge is 0.477 e. The van der Waals surface area contributed by atoms with Gasteiger partial charge in [-0.25, -0.2) is 9.59 Å². The lowest BCUT2D eigenvalue weighted by atomic mass is 10.2. The number of nitrogens with one attached hydrogen (secondary N) is 1. The number of ether oxygens (including phenoxy) is 1. The van der Waals surface area contributed by atoms with E-state index in [2.05, 4.69) is 20.3 Å². The Morgan fingerprint density at radius 3 is 1.63 bits per heavy atom. The number of carboxylic acids is 1. The quantitative estimate of drug-likeness (QED) is 0.285. The highest BCUT2D eigenvalue weighted by molar-refractivity contribution is 7.14. The summed E-state index contributed by atoms with van der Waals surface area (Å²) in [5, 5.41) is 27.8. The third kappa shape index (κ3) is 27.8. The summed E-state index contributed by atoms with van der Waals surface area (Å²) >= 11 is 3.92. The third-order valence-electron chi connectivity index (χ3n) is 2.15. The number of carboxylic acid groups (broad SMARTS) is 1. The van der Waals surface area contributed by atoms with E-state index in [1.165, 1.54) is 34.4 Å². The minimum absolute atomic E-state index is 0. The maximum atomic E-state index is 11.2. The molecule has 0 radical (unpaired) electrons. The standard InChI is InChI=1S/C8H12N2O2S.C4H3NO2S.C4H10O.C3H4N2S.CH4O.ClH/c1-8(2,3)12-7(11)10-6-4-9-5-13-6;6-4(7)3-1-5-2-8-3;1-4(2,3)5;4-3-1-5-2-6-3;1-2;/h4-5H,1-3H3,(H,10,11);1-2H,(H,6,7);5H,1-3H3;1-2H,4H2;2H,1H3;1H. The summed E-state index contributed by atoms with van der Waals surface area (Å²) in [6, 6.07) is 0. The molecule has 15 heteroatoms. The molecular weight excluding hydrogens is 538 g/mol. The Hall–Kier alpha value is -2.36. The van der Waals surface area contributed by atoms with Gasteiger partial charge in [0.2, 0.25) is 0 Å². The Labute approximate surface area is 223 Å². The second-order valence-electron chi connectivity index (χ2n) is 7.74. The van der Waals surface area contributed by atoms with Crippen LogP contribution in [0.25, 0.3) is 0 Å². The molecule has 3 rings (SSSR count). The van der Waals surface area contributed by atoms with Crippen LogP contribution in [0.3, 0.4) is 0 Å². The van der Waals surface area contributed by atoms with E-state index in [1.54, 1.807) is 44.2 Å². The fourth-order valence-electron chi connectivity index (χ4n) is 1.23. The van der Waals surface area contributed by atoms with Crippen LogP contribution in [0, 0.1) is 0 Å². The summed E-state index contributed by atoms with van der Waals surface area (Å²) in [4.78, 5) is 32.6. The monoisotopic (exact) mass is 571 g/mol. The van der Waals surface area contributed by atoms with Crippen LogP contribution in [-0.4, -0.2) is 60.6 Å². The second-order valence-corrected chi connectivity index (χ2v) is 10.4. The predicted molar refractivity (Wildman–Crippen MR) is 145 cm³/mol. The van der Waals surface area contributed by atoms with Crippen LogP contribution >= 0.6 is 46.4 Å². The Kier molecular flexibility index (Phi) is 21.1. The SMILES string of the molecule is CC(C)(C)O.CC(C)(C)OC(=O)Nc1cncs1.CO.Cl.Nc1cncs1.O=C(O)c1cncs1. The van der Waals surface area contributed by atoms with Gasteiger partial charge in [0.25, 0.3) is 0 Å². The van der Waals surface area contributed by atoms with Crippen molar-refractivity contribution in [2.75, 3.05) is 18.2 Å². The summed E-state index contributed by atoms with van der Waals surface area (Å²) in [6.45, 7) is 10.7. The molecule has 0 saturated heterocycles. The van der Waals surface area contributed by atoms with Gasteiger partial charge in [0.1, 0.15) is 20.5 Å². The zero-order valence-electron chi connectivity index (χ0n) is 20.6. The van der Waals surface area contributed by atoms with Gasteiger partial charge >= 0.3 is 12.1 Å². The number of anilines is 2. The van der Waals surface area contributed by atoms with Crippen molar-refractivity contribution >= 4 is 68.5 Å². The van der Waals surface area contributed by atoms with Gasteiger partial charge in [0.05, 0.1) is 40.7 Å². The first kappa shape index (κ1) is 37.2. The van der Waals surface area contributed by atoms with Gasteiger partial charge in [-0.1, -0.05) is 0 Å². The van der Waals surface area contributed by atoms with Crippen LogP contribution in [0.15, 0.2) is 35.1 Å². The molecule has 0 spiro atoms. The van der Waals surface area contributed by atoms with Crippen LogP contribution in [-0.2, 0) is 4.74 Å². The van der Waals surface area contributed by atoms with Crippen LogP contribution in [0.1, 0.15) is 51.2 Å². The lowest BCUT2D eigenvalue weighted by Crippen LogP contribution is -2.26. The number of aromatic carboxylic acids is 1. The number of nitrogens with two attached hydrogens (primary N) is 1. The maximum Gasteiger partial charge on any atom is 0.412 e. The number of aliphatic hydroxyl groups excluding tert-OH is 1. The molecule has 11 nitrogen and oxygen atoms in total. The number of halogens is 1. The van der Waals surface area contributed by atoms with Crippen molar-refractivity contribution in [3.8, 4) is 0 Å². The highest BCUT2D eigenvalue weighted by Crippen LogP contribution is 2.14. The van der Waals surface area contributed by atoms with Gasteiger partial charge in [-0.05, 0) is 41.5 Å². The van der Waals surface area contributed by atoms with Gasteiger partial charge in [0.15, 0.2) is 0 Å². The van der Waals surface area contributed by atoms with Crippen molar-refractivity contribution in [1.29, 1.82) is 0 Å². The van der Waals surface area contributed by atoms with E-state index in [1.807, 2.05) is 20.8 Å². The molecule has 3 heterocycles. The van der Waals surface area contributed by atoms with E-state index < -0.39 is 23.3 Å².